The lowest BCUT2D eigenvalue weighted by molar-refractivity contribution is 0.127. The minimum absolute atomic E-state index is 0.0899. The van der Waals surface area contributed by atoms with E-state index in [1.165, 1.54) is 13.8 Å². The highest BCUT2D eigenvalue weighted by molar-refractivity contribution is 4.69. The van der Waals surface area contributed by atoms with Gasteiger partial charge in [0.2, 0.25) is 0 Å². The van der Waals surface area contributed by atoms with Crippen molar-refractivity contribution in [1.29, 1.82) is 0 Å². The normalized spacial score (nSPS) is 12.6. The first-order valence-electron chi connectivity index (χ1n) is 3.44. The zero-order valence-electron chi connectivity index (χ0n) is 6.89. The second-order valence-electron chi connectivity index (χ2n) is 3.18. The Balaban J connectivity index is 3.47. The molecule has 10 heavy (non-hydrogen) atoms. The van der Waals surface area contributed by atoms with Crippen molar-refractivity contribution in [3.63, 3.8) is 0 Å². The van der Waals surface area contributed by atoms with Crippen LogP contribution in [0.25, 0.3) is 0 Å². The Hall–Kier alpha value is -0.150. The Morgan fingerprint density at radius 3 is 2.30 bits per heavy atom. The Morgan fingerprint density at radius 2 is 2.00 bits per heavy atom. The first-order valence-corrected chi connectivity index (χ1v) is 3.44. The van der Waals surface area contributed by atoms with Crippen LogP contribution in [0.1, 0.15) is 13.8 Å². The first kappa shape index (κ1) is 9.85. The number of aliphatic hydroxyl groups excluding tert-OH is 1. The molecule has 0 saturated carbocycles. The number of halogens is 1. The average Bonchev–Trinajstić information content (AvgIpc) is 1.59. The third kappa shape index (κ3) is 5.98. The van der Waals surface area contributed by atoms with E-state index in [4.69, 9.17) is 5.11 Å². The van der Waals surface area contributed by atoms with Crippen LogP contribution in [0.3, 0.4) is 0 Å². The molecule has 0 heterocycles. The number of likely N-dealkylation sites (N-methyl/N-ethyl adjacent to an activating group) is 1. The molecule has 3 heteroatoms. The van der Waals surface area contributed by atoms with Gasteiger partial charge in [-0.2, -0.15) is 0 Å². The summed E-state index contributed by atoms with van der Waals surface area (Å²) >= 11 is 0. The molecule has 0 aliphatic carbocycles. The van der Waals surface area contributed by atoms with E-state index in [2.05, 4.69) is 0 Å². The van der Waals surface area contributed by atoms with Gasteiger partial charge in [0.25, 0.3) is 0 Å². The van der Waals surface area contributed by atoms with Gasteiger partial charge in [-0.15, -0.1) is 0 Å². The quantitative estimate of drug-likeness (QED) is 0.634. The van der Waals surface area contributed by atoms with Crippen LogP contribution in [0.2, 0.25) is 0 Å². The first-order chi connectivity index (χ1) is 4.45. The van der Waals surface area contributed by atoms with E-state index < -0.39 is 5.67 Å². The van der Waals surface area contributed by atoms with Gasteiger partial charge in [0.15, 0.2) is 0 Å². The van der Waals surface area contributed by atoms with Crippen molar-refractivity contribution >= 4 is 0 Å². The van der Waals surface area contributed by atoms with Gasteiger partial charge in [0.1, 0.15) is 5.67 Å². The standard InChI is InChI=1S/C7H16FNO/c1-7(2,8)6-9(3)4-5-10/h10H,4-6H2,1-3H3. The van der Waals surface area contributed by atoms with Gasteiger partial charge < -0.3 is 10.0 Å². The highest BCUT2D eigenvalue weighted by atomic mass is 19.1. The minimum atomic E-state index is -1.16. The summed E-state index contributed by atoms with van der Waals surface area (Å²) in [5, 5.41) is 8.47. The van der Waals surface area contributed by atoms with Crippen LogP contribution in [-0.4, -0.2) is 42.4 Å². The molecule has 0 unspecified atom stereocenters. The molecule has 0 rings (SSSR count). The Morgan fingerprint density at radius 1 is 1.50 bits per heavy atom. The summed E-state index contributed by atoms with van der Waals surface area (Å²) in [4.78, 5) is 1.76. The summed E-state index contributed by atoms with van der Waals surface area (Å²) in [6.45, 7) is 4.05. The highest BCUT2D eigenvalue weighted by Gasteiger charge is 2.17. The molecule has 0 atom stereocenters. The topological polar surface area (TPSA) is 23.5 Å². The molecule has 0 aliphatic rings. The molecule has 0 bridgehead atoms. The lowest BCUT2D eigenvalue weighted by atomic mass is 10.1. The summed E-state index contributed by atoms with van der Waals surface area (Å²) in [6.07, 6.45) is 0. The average molecular weight is 149 g/mol. The van der Waals surface area contributed by atoms with Crippen LogP contribution < -0.4 is 0 Å². The van der Waals surface area contributed by atoms with Crippen molar-refractivity contribution in [1.82, 2.24) is 4.90 Å². The molecule has 0 aromatic heterocycles. The number of alkyl halides is 1. The fraction of sp³-hybridized carbons (Fsp3) is 1.00. The van der Waals surface area contributed by atoms with Gasteiger partial charge >= 0.3 is 0 Å². The monoisotopic (exact) mass is 149 g/mol. The van der Waals surface area contributed by atoms with Gasteiger partial charge in [0.05, 0.1) is 6.61 Å². The van der Waals surface area contributed by atoms with Crippen molar-refractivity contribution in [3.05, 3.63) is 0 Å². The van der Waals surface area contributed by atoms with E-state index in [1.54, 1.807) is 11.9 Å². The van der Waals surface area contributed by atoms with Gasteiger partial charge in [0, 0.05) is 13.1 Å². The fourth-order valence-corrected chi connectivity index (χ4v) is 0.892. The third-order valence-electron chi connectivity index (χ3n) is 1.13. The number of hydrogen-bond acceptors (Lipinski definition) is 2. The van der Waals surface area contributed by atoms with Gasteiger partial charge in [-0.25, -0.2) is 4.39 Å². The van der Waals surface area contributed by atoms with Crippen molar-refractivity contribution in [2.45, 2.75) is 19.5 Å². The molecular weight excluding hydrogens is 133 g/mol. The number of nitrogens with zero attached hydrogens (tertiary/aromatic N) is 1. The molecule has 0 aliphatic heterocycles. The predicted octanol–water partition coefficient (Wildman–Crippen LogP) is 0.659. The van der Waals surface area contributed by atoms with Crippen molar-refractivity contribution in [2.24, 2.45) is 0 Å². The molecule has 0 radical (unpaired) electrons. The van der Waals surface area contributed by atoms with Crippen LogP contribution in [0, 0.1) is 0 Å². The van der Waals surface area contributed by atoms with E-state index in [0.29, 0.717) is 13.1 Å². The third-order valence-corrected chi connectivity index (χ3v) is 1.13. The molecule has 0 saturated heterocycles. The van der Waals surface area contributed by atoms with Gasteiger partial charge in [-0.1, -0.05) is 0 Å². The Labute approximate surface area is 61.6 Å². The fourth-order valence-electron chi connectivity index (χ4n) is 0.892. The van der Waals surface area contributed by atoms with E-state index in [9.17, 15) is 4.39 Å². The van der Waals surface area contributed by atoms with Crippen LogP contribution in [0.4, 0.5) is 4.39 Å². The summed E-state index contributed by atoms with van der Waals surface area (Å²) in [5.74, 6) is 0. The number of hydrogen-bond donors (Lipinski definition) is 1. The number of aliphatic hydroxyl groups is 1. The summed E-state index contributed by atoms with van der Waals surface area (Å²) < 4.78 is 12.8. The van der Waals surface area contributed by atoms with E-state index >= 15 is 0 Å². The second kappa shape index (κ2) is 3.88. The van der Waals surface area contributed by atoms with Crippen molar-refractivity contribution in [3.8, 4) is 0 Å². The van der Waals surface area contributed by atoms with Crippen LogP contribution in [0.5, 0.6) is 0 Å². The smallest absolute Gasteiger partial charge is 0.118 e. The minimum Gasteiger partial charge on any atom is -0.395 e. The van der Waals surface area contributed by atoms with Crippen LogP contribution in [0.15, 0.2) is 0 Å². The molecule has 0 aromatic rings. The summed E-state index contributed by atoms with van der Waals surface area (Å²) in [7, 11) is 1.79. The largest absolute Gasteiger partial charge is 0.395 e. The Kier molecular flexibility index (Phi) is 3.83. The van der Waals surface area contributed by atoms with Gasteiger partial charge in [-0.3, -0.25) is 0 Å². The maximum absolute atomic E-state index is 12.8. The highest BCUT2D eigenvalue weighted by Crippen LogP contribution is 2.08. The van der Waals surface area contributed by atoms with Crippen molar-refractivity contribution < 1.29 is 9.50 Å². The zero-order chi connectivity index (χ0) is 8.20. The predicted molar refractivity (Wildman–Crippen MR) is 39.8 cm³/mol. The molecule has 62 valence electrons. The maximum Gasteiger partial charge on any atom is 0.118 e. The molecule has 0 fully saturated rings. The molecule has 0 amide bonds. The van der Waals surface area contributed by atoms with E-state index in [1.807, 2.05) is 0 Å². The van der Waals surface area contributed by atoms with E-state index in [0.717, 1.165) is 0 Å². The lowest BCUT2D eigenvalue weighted by Gasteiger charge is -2.22. The van der Waals surface area contributed by atoms with Gasteiger partial charge in [-0.05, 0) is 20.9 Å². The molecule has 0 aromatic carbocycles. The van der Waals surface area contributed by atoms with Crippen LogP contribution >= 0.6 is 0 Å². The number of rotatable bonds is 4. The van der Waals surface area contributed by atoms with Crippen molar-refractivity contribution in [2.75, 3.05) is 26.7 Å². The maximum atomic E-state index is 12.8. The lowest BCUT2D eigenvalue weighted by Crippen LogP contribution is -2.34. The summed E-state index contributed by atoms with van der Waals surface area (Å²) in [5.41, 5.74) is -1.16. The van der Waals surface area contributed by atoms with Crippen LogP contribution in [-0.2, 0) is 0 Å². The Bertz CT molecular complexity index is 90.1. The SMILES string of the molecule is CN(CCO)CC(C)(C)F. The second-order valence-corrected chi connectivity index (χ2v) is 3.18. The molecule has 0 spiro atoms. The summed E-state index contributed by atoms with van der Waals surface area (Å²) in [6, 6.07) is 0. The molecular formula is C7H16FNO. The van der Waals surface area contributed by atoms with E-state index in [-0.39, 0.29) is 6.61 Å². The molecule has 2 nitrogen and oxygen atoms in total. The zero-order valence-corrected chi connectivity index (χ0v) is 6.89. The molecule has 1 N–H and O–H groups in total.